The maximum Gasteiger partial charge on any atom is 0.417 e. The van der Waals surface area contributed by atoms with Gasteiger partial charge in [-0.2, -0.15) is 13.2 Å². The highest BCUT2D eigenvalue weighted by Gasteiger charge is 2.45. The Labute approximate surface area is 146 Å². The molecule has 132 valence electrons. The number of amides is 1. The largest absolute Gasteiger partial charge is 0.474 e. The molecule has 1 aliphatic rings. The minimum absolute atomic E-state index is 0.0713. The zero-order chi connectivity index (χ0) is 18.1. The van der Waals surface area contributed by atoms with Crippen LogP contribution in [0.1, 0.15) is 28.8 Å². The second-order valence-electron chi connectivity index (χ2n) is 5.77. The molecule has 0 unspecified atom stereocenters. The summed E-state index contributed by atoms with van der Waals surface area (Å²) in [5.41, 5.74) is -1.04. The molecule has 0 radical (unpaired) electrons. The summed E-state index contributed by atoms with van der Waals surface area (Å²) in [6.45, 7) is 0.0713. The molecule has 1 saturated carbocycles. The Morgan fingerprint density at radius 1 is 1.32 bits per heavy atom. The van der Waals surface area contributed by atoms with Crippen molar-refractivity contribution in [3.05, 3.63) is 52.9 Å². The van der Waals surface area contributed by atoms with E-state index in [2.05, 4.69) is 15.3 Å². The summed E-state index contributed by atoms with van der Waals surface area (Å²) < 4.78 is 43.2. The number of nitrogens with one attached hydrogen (secondary N) is 1. The van der Waals surface area contributed by atoms with E-state index >= 15 is 0 Å². The molecule has 2 aromatic rings. The number of carbonyl (C=O) groups excluding carboxylic acids is 1. The SMILES string of the molecule is O=C(NC1(COc2ncc(C(F)(F)F)cc2Cl)CC1)c1ccncc1. The molecular formula is C16H13ClF3N3O2. The maximum absolute atomic E-state index is 12.6. The summed E-state index contributed by atoms with van der Waals surface area (Å²) in [4.78, 5) is 19.6. The lowest BCUT2D eigenvalue weighted by Gasteiger charge is -2.18. The van der Waals surface area contributed by atoms with Crippen molar-refractivity contribution in [1.82, 2.24) is 15.3 Å². The number of alkyl halides is 3. The lowest BCUT2D eigenvalue weighted by atomic mass is 10.2. The van der Waals surface area contributed by atoms with Gasteiger partial charge in [-0.25, -0.2) is 4.98 Å². The summed E-state index contributed by atoms with van der Waals surface area (Å²) >= 11 is 5.80. The standard InChI is InChI=1S/C16H13ClF3N3O2/c17-12-7-11(16(18,19)20)8-22-14(12)25-9-15(3-4-15)23-13(24)10-1-5-21-6-2-10/h1-2,5-8H,3-4,9H2,(H,23,24). The first kappa shape index (κ1) is 17.5. The van der Waals surface area contributed by atoms with Gasteiger partial charge in [0, 0.05) is 24.2 Å². The zero-order valence-corrected chi connectivity index (χ0v) is 13.6. The number of rotatable bonds is 5. The van der Waals surface area contributed by atoms with Crippen LogP contribution in [0.3, 0.4) is 0 Å². The van der Waals surface area contributed by atoms with Gasteiger partial charge in [0.05, 0.1) is 11.1 Å². The van der Waals surface area contributed by atoms with Crippen LogP contribution in [-0.2, 0) is 6.18 Å². The number of pyridine rings is 2. The van der Waals surface area contributed by atoms with Crippen LogP contribution in [0, 0.1) is 0 Å². The highest BCUT2D eigenvalue weighted by molar-refractivity contribution is 6.31. The third kappa shape index (κ3) is 4.19. The predicted octanol–water partition coefficient (Wildman–Crippen LogP) is 3.49. The molecule has 1 aliphatic carbocycles. The summed E-state index contributed by atoms with van der Waals surface area (Å²) in [6, 6.07) is 3.93. The van der Waals surface area contributed by atoms with Crippen molar-refractivity contribution >= 4 is 17.5 Å². The van der Waals surface area contributed by atoms with E-state index in [1.165, 1.54) is 12.4 Å². The minimum atomic E-state index is -4.52. The van der Waals surface area contributed by atoms with Crippen molar-refractivity contribution in [2.75, 3.05) is 6.61 Å². The van der Waals surface area contributed by atoms with Crippen LogP contribution < -0.4 is 10.1 Å². The summed E-state index contributed by atoms with van der Waals surface area (Å²) in [5.74, 6) is -0.367. The Hall–Kier alpha value is -2.35. The first-order valence-corrected chi connectivity index (χ1v) is 7.75. The molecule has 5 nitrogen and oxygen atoms in total. The average Bonchev–Trinajstić information content (AvgIpc) is 3.33. The van der Waals surface area contributed by atoms with Crippen LogP contribution >= 0.6 is 11.6 Å². The minimum Gasteiger partial charge on any atom is -0.474 e. The highest BCUT2D eigenvalue weighted by Crippen LogP contribution is 2.38. The second-order valence-corrected chi connectivity index (χ2v) is 6.17. The number of aromatic nitrogens is 2. The van der Waals surface area contributed by atoms with E-state index in [4.69, 9.17) is 16.3 Å². The molecule has 0 aromatic carbocycles. The third-order valence-corrected chi connectivity index (χ3v) is 4.07. The van der Waals surface area contributed by atoms with E-state index in [1.807, 2.05) is 0 Å². The Balaban J connectivity index is 1.62. The van der Waals surface area contributed by atoms with Crippen LogP contribution in [0.5, 0.6) is 5.88 Å². The molecule has 25 heavy (non-hydrogen) atoms. The van der Waals surface area contributed by atoms with Gasteiger partial charge in [0.25, 0.3) is 5.91 Å². The number of halogens is 4. The number of nitrogens with zero attached hydrogens (tertiary/aromatic N) is 2. The van der Waals surface area contributed by atoms with Gasteiger partial charge in [-0.1, -0.05) is 11.6 Å². The van der Waals surface area contributed by atoms with Gasteiger partial charge < -0.3 is 10.1 Å². The molecule has 2 heterocycles. The van der Waals surface area contributed by atoms with Crippen LogP contribution in [-0.4, -0.2) is 28.0 Å². The molecular weight excluding hydrogens is 359 g/mol. The van der Waals surface area contributed by atoms with Gasteiger partial charge in [-0.05, 0) is 31.0 Å². The number of hydrogen-bond acceptors (Lipinski definition) is 4. The molecule has 1 fully saturated rings. The quantitative estimate of drug-likeness (QED) is 0.873. The van der Waals surface area contributed by atoms with Crippen molar-refractivity contribution in [2.24, 2.45) is 0 Å². The lowest BCUT2D eigenvalue weighted by Crippen LogP contribution is -2.41. The van der Waals surface area contributed by atoms with E-state index in [1.54, 1.807) is 12.1 Å². The number of ether oxygens (including phenoxy) is 1. The molecule has 0 atom stereocenters. The smallest absolute Gasteiger partial charge is 0.417 e. The highest BCUT2D eigenvalue weighted by atomic mass is 35.5. The van der Waals surface area contributed by atoms with Gasteiger partial charge in [-0.15, -0.1) is 0 Å². The topological polar surface area (TPSA) is 64.1 Å². The fourth-order valence-corrected chi connectivity index (χ4v) is 2.39. The first-order valence-electron chi connectivity index (χ1n) is 7.37. The summed E-state index contributed by atoms with van der Waals surface area (Å²) in [5, 5.41) is 2.64. The third-order valence-electron chi connectivity index (χ3n) is 3.79. The molecule has 2 aromatic heterocycles. The lowest BCUT2D eigenvalue weighted by molar-refractivity contribution is -0.137. The van der Waals surface area contributed by atoms with E-state index in [9.17, 15) is 18.0 Å². The van der Waals surface area contributed by atoms with E-state index < -0.39 is 17.3 Å². The zero-order valence-electron chi connectivity index (χ0n) is 12.8. The fourth-order valence-electron chi connectivity index (χ4n) is 2.17. The molecule has 0 bridgehead atoms. The Bertz CT molecular complexity index is 780. The van der Waals surface area contributed by atoms with Crippen molar-refractivity contribution in [3.63, 3.8) is 0 Å². The maximum atomic E-state index is 12.6. The molecule has 1 N–H and O–H groups in total. The average molecular weight is 372 g/mol. The van der Waals surface area contributed by atoms with E-state index in [0.29, 0.717) is 24.6 Å². The molecule has 0 aliphatic heterocycles. The Morgan fingerprint density at radius 3 is 2.56 bits per heavy atom. The second kappa shape index (κ2) is 6.51. The van der Waals surface area contributed by atoms with Crippen LogP contribution in [0.25, 0.3) is 0 Å². The summed E-state index contributed by atoms with van der Waals surface area (Å²) in [7, 11) is 0. The van der Waals surface area contributed by atoms with E-state index in [0.717, 1.165) is 6.07 Å². The van der Waals surface area contributed by atoms with Crippen molar-refractivity contribution < 1.29 is 22.7 Å². The first-order chi connectivity index (χ1) is 11.8. The molecule has 0 spiro atoms. The van der Waals surface area contributed by atoms with Crippen LogP contribution in [0.15, 0.2) is 36.8 Å². The molecule has 0 saturated heterocycles. The predicted molar refractivity (Wildman–Crippen MR) is 83.4 cm³/mol. The van der Waals surface area contributed by atoms with Gasteiger partial charge in [0.15, 0.2) is 0 Å². The van der Waals surface area contributed by atoms with Gasteiger partial charge in [0.1, 0.15) is 11.6 Å². The van der Waals surface area contributed by atoms with Gasteiger partial charge >= 0.3 is 6.18 Å². The van der Waals surface area contributed by atoms with Crippen molar-refractivity contribution in [3.8, 4) is 5.88 Å². The molecule has 9 heteroatoms. The molecule has 3 rings (SSSR count). The number of carbonyl (C=O) groups is 1. The van der Waals surface area contributed by atoms with Crippen LogP contribution in [0.2, 0.25) is 5.02 Å². The van der Waals surface area contributed by atoms with Crippen molar-refractivity contribution in [2.45, 2.75) is 24.6 Å². The molecule has 1 amide bonds. The monoisotopic (exact) mass is 371 g/mol. The summed E-state index contributed by atoms with van der Waals surface area (Å²) in [6.07, 6.45) is 0.555. The van der Waals surface area contributed by atoms with Crippen molar-refractivity contribution in [1.29, 1.82) is 0 Å². The Morgan fingerprint density at radius 2 is 2.00 bits per heavy atom. The van der Waals surface area contributed by atoms with E-state index in [-0.39, 0.29) is 23.4 Å². The normalized spacial score (nSPS) is 15.5. The Kier molecular flexibility index (Phi) is 4.55. The van der Waals surface area contributed by atoms with Gasteiger partial charge in [0.2, 0.25) is 5.88 Å². The van der Waals surface area contributed by atoms with Crippen LogP contribution in [0.4, 0.5) is 13.2 Å². The van der Waals surface area contributed by atoms with Gasteiger partial charge in [-0.3, -0.25) is 9.78 Å². The number of hydrogen-bond donors (Lipinski definition) is 1. The fraction of sp³-hybridized carbons (Fsp3) is 0.312.